The summed E-state index contributed by atoms with van der Waals surface area (Å²) in [6, 6.07) is -0.335. The minimum Gasteiger partial charge on any atom is -0.341 e. The first-order chi connectivity index (χ1) is 7.23. The molecule has 0 radical (unpaired) electrons. The number of nitrogens with zero attached hydrogens (tertiary/aromatic N) is 1. The Hall–Kier alpha value is -0.570. The zero-order chi connectivity index (χ0) is 12.5. The van der Waals surface area contributed by atoms with Gasteiger partial charge in [0, 0.05) is 13.1 Å². The van der Waals surface area contributed by atoms with Crippen molar-refractivity contribution in [2.75, 3.05) is 13.1 Å². The Morgan fingerprint density at radius 3 is 2.31 bits per heavy atom. The van der Waals surface area contributed by atoms with E-state index in [1.54, 1.807) is 0 Å². The second-order valence-corrected chi connectivity index (χ2v) is 6.41. The predicted octanol–water partition coefficient (Wildman–Crippen LogP) is 1.86. The number of nitrogens with two attached hydrogens (primary N) is 1. The van der Waals surface area contributed by atoms with Crippen LogP contribution >= 0.6 is 0 Å². The van der Waals surface area contributed by atoms with Crippen molar-refractivity contribution in [2.45, 2.75) is 47.1 Å². The van der Waals surface area contributed by atoms with Gasteiger partial charge < -0.3 is 10.6 Å². The van der Waals surface area contributed by atoms with Crippen LogP contribution in [0.25, 0.3) is 0 Å². The lowest BCUT2D eigenvalue weighted by molar-refractivity contribution is -0.132. The summed E-state index contributed by atoms with van der Waals surface area (Å²) < 4.78 is 0. The van der Waals surface area contributed by atoms with E-state index in [4.69, 9.17) is 5.73 Å². The van der Waals surface area contributed by atoms with Crippen molar-refractivity contribution in [3.8, 4) is 0 Å². The first-order valence-corrected chi connectivity index (χ1v) is 6.28. The average molecular weight is 226 g/mol. The molecular formula is C13H26N2O. The highest BCUT2D eigenvalue weighted by atomic mass is 16.2. The smallest absolute Gasteiger partial charge is 0.239 e. The second-order valence-electron chi connectivity index (χ2n) is 6.41. The van der Waals surface area contributed by atoms with Crippen LogP contribution in [-0.2, 0) is 4.79 Å². The molecule has 0 aromatic rings. The lowest BCUT2D eigenvalue weighted by atomic mass is 9.80. The largest absolute Gasteiger partial charge is 0.341 e. The van der Waals surface area contributed by atoms with Crippen LogP contribution in [0.4, 0.5) is 0 Å². The van der Waals surface area contributed by atoms with Crippen LogP contribution < -0.4 is 5.73 Å². The van der Waals surface area contributed by atoms with Crippen LogP contribution in [0.15, 0.2) is 0 Å². The first-order valence-electron chi connectivity index (χ1n) is 6.28. The minimum absolute atomic E-state index is 0.127. The normalized spacial score (nSPS) is 23.9. The van der Waals surface area contributed by atoms with E-state index in [0.717, 1.165) is 19.5 Å². The summed E-state index contributed by atoms with van der Waals surface area (Å²) in [5.74, 6) is 0.957. The van der Waals surface area contributed by atoms with E-state index < -0.39 is 0 Å². The number of carbonyl (C=O) groups excluding carboxylic acids is 1. The van der Waals surface area contributed by atoms with Gasteiger partial charge in [0.05, 0.1) is 6.04 Å². The van der Waals surface area contributed by atoms with Gasteiger partial charge in [0.25, 0.3) is 0 Å². The summed E-state index contributed by atoms with van der Waals surface area (Å²) in [5.41, 5.74) is 6.19. The van der Waals surface area contributed by atoms with Crippen molar-refractivity contribution in [2.24, 2.45) is 23.0 Å². The molecule has 2 atom stereocenters. The molecule has 1 fully saturated rings. The Kier molecular flexibility index (Phi) is 4.00. The van der Waals surface area contributed by atoms with E-state index in [0.29, 0.717) is 5.92 Å². The molecule has 0 aliphatic carbocycles. The molecule has 1 unspecified atom stereocenters. The molecule has 0 bridgehead atoms. The van der Waals surface area contributed by atoms with Crippen molar-refractivity contribution in [1.82, 2.24) is 4.90 Å². The number of hydrogen-bond donors (Lipinski definition) is 1. The van der Waals surface area contributed by atoms with Crippen LogP contribution in [0.2, 0.25) is 0 Å². The molecule has 0 aromatic carbocycles. The van der Waals surface area contributed by atoms with Gasteiger partial charge in [-0.3, -0.25) is 4.79 Å². The second kappa shape index (κ2) is 4.74. The molecule has 1 saturated heterocycles. The van der Waals surface area contributed by atoms with E-state index in [-0.39, 0.29) is 23.3 Å². The van der Waals surface area contributed by atoms with Crippen LogP contribution in [0.3, 0.4) is 0 Å². The van der Waals surface area contributed by atoms with Gasteiger partial charge in [-0.2, -0.15) is 0 Å². The van der Waals surface area contributed by atoms with Gasteiger partial charge in [-0.25, -0.2) is 0 Å². The summed E-state index contributed by atoms with van der Waals surface area (Å²) >= 11 is 0. The molecule has 3 heteroatoms. The molecule has 0 saturated carbocycles. The topological polar surface area (TPSA) is 46.3 Å². The SMILES string of the molecule is CC(C)[C@H](N)C(=O)N1CCC(C(C)(C)C)C1. The van der Waals surface area contributed by atoms with Crippen molar-refractivity contribution in [3.05, 3.63) is 0 Å². The minimum atomic E-state index is -0.335. The molecule has 3 nitrogen and oxygen atoms in total. The maximum Gasteiger partial charge on any atom is 0.239 e. The van der Waals surface area contributed by atoms with Gasteiger partial charge in [0.2, 0.25) is 5.91 Å². The summed E-state index contributed by atoms with van der Waals surface area (Å²) in [5, 5.41) is 0. The van der Waals surface area contributed by atoms with Gasteiger partial charge in [0.1, 0.15) is 0 Å². The lowest BCUT2D eigenvalue weighted by Crippen LogP contribution is -2.45. The highest BCUT2D eigenvalue weighted by Crippen LogP contribution is 2.33. The quantitative estimate of drug-likeness (QED) is 0.781. The molecule has 1 aliphatic heterocycles. The van der Waals surface area contributed by atoms with Crippen LogP contribution in [0.5, 0.6) is 0 Å². The Bertz CT molecular complexity index is 255. The standard InChI is InChI=1S/C13H26N2O/c1-9(2)11(14)12(16)15-7-6-10(8-15)13(3,4)5/h9-11H,6-8,14H2,1-5H3/t10?,11-/m0/s1. The Morgan fingerprint density at radius 2 is 1.94 bits per heavy atom. The van der Waals surface area contributed by atoms with E-state index in [1.807, 2.05) is 18.7 Å². The zero-order valence-electron chi connectivity index (χ0n) is 11.3. The summed E-state index contributed by atoms with van der Waals surface area (Å²) in [6.07, 6.45) is 1.11. The molecule has 94 valence electrons. The molecule has 0 aromatic heterocycles. The fourth-order valence-corrected chi connectivity index (χ4v) is 2.16. The fourth-order valence-electron chi connectivity index (χ4n) is 2.16. The maximum atomic E-state index is 12.1. The number of amides is 1. The molecule has 0 spiro atoms. The van der Waals surface area contributed by atoms with Gasteiger partial charge in [-0.05, 0) is 23.7 Å². The summed E-state index contributed by atoms with van der Waals surface area (Å²) in [6.45, 7) is 12.5. The van der Waals surface area contributed by atoms with Crippen molar-refractivity contribution in [1.29, 1.82) is 0 Å². The van der Waals surface area contributed by atoms with Crippen molar-refractivity contribution < 1.29 is 4.79 Å². The van der Waals surface area contributed by atoms with Crippen LogP contribution in [0, 0.1) is 17.3 Å². The number of likely N-dealkylation sites (tertiary alicyclic amines) is 1. The van der Waals surface area contributed by atoms with Gasteiger partial charge >= 0.3 is 0 Å². The Morgan fingerprint density at radius 1 is 1.38 bits per heavy atom. The predicted molar refractivity (Wildman–Crippen MR) is 67.0 cm³/mol. The molecule has 1 rings (SSSR count). The fraction of sp³-hybridized carbons (Fsp3) is 0.923. The van der Waals surface area contributed by atoms with E-state index >= 15 is 0 Å². The van der Waals surface area contributed by atoms with Gasteiger partial charge in [-0.1, -0.05) is 34.6 Å². The highest BCUT2D eigenvalue weighted by molar-refractivity contribution is 5.82. The number of rotatable bonds is 2. The third-order valence-corrected chi connectivity index (χ3v) is 3.73. The average Bonchev–Trinajstić information content (AvgIpc) is 2.63. The summed E-state index contributed by atoms with van der Waals surface area (Å²) in [4.78, 5) is 14.0. The molecule has 1 heterocycles. The third-order valence-electron chi connectivity index (χ3n) is 3.73. The summed E-state index contributed by atoms with van der Waals surface area (Å²) in [7, 11) is 0. The lowest BCUT2D eigenvalue weighted by Gasteiger charge is -2.28. The molecule has 2 N–H and O–H groups in total. The van der Waals surface area contributed by atoms with Gasteiger partial charge in [-0.15, -0.1) is 0 Å². The Labute approximate surface area is 99.4 Å². The first kappa shape index (κ1) is 13.5. The maximum absolute atomic E-state index is 12.1. The van der Waals surface area contributed by atoms with Gasteiger partial charge in [0.15, 0.2) is 0 Å². The molecular weight excluding hydrogens is 200 g/mol. The highest BCUT2D eigenvalue weighted by Gasteiger charge is 2.35. The number of hydrogen-bond acceptors (Lipinski definition) is 2. The zero-order valence-corrected chi connectivity index (χ0v) is 11.3. The number of carbonyl (C=O) groups is 1. The van der Waals surface area contributed by atoms with E-state index in [2.05, 4.69) is 20.8 Å². The molecule has 1 aliphatic rings. The van der Waals surface area contributed by atoms with E-state index in [1.165, 1.54) is 0 Å². The van der Waals surface area contributed by atoms with Crippen LogP contribution in [0.1, 0.15) is 41.0 Å². The van der Waals surface area contributed by atoms with Crippen LogP contribution in [-0.4, -0.2) is 29.9 Å². The molecule has 1 amide bonds. The molecule has 16 heavy (non-hydrogen) atoms. The van der Waals surface area contributed by atoms with E-state index in [9.17, 15) is 4.79 Å². The monoisotopic (exact) mass is 226 g/mol. The van der Waals surface area contributed by atoms with Crippen molar-refractivity contribution in [3.63, 3.8) is 0 Å². The third kappa shape index (κ3) is 2.97. The Balaban J connectivity index is 2.57. The van der Waals surface area contributed by atoms with Crippen molar-refractivity contribution >= 4 is 5.91 Å².